The van der Waals surface area contributed by atoms with E-state index in [2.05, 4.69) is 4.99 Å². The summed E-state index contributed by atoms with van der Waals surface area (Å²) in [4.78, 5) is 4.18. The van der Waals surface area contributed by atoms with Gasteiger partial charge >= 0.3 is 0 Å². The molecule has 2 aromatic rings. The molecule has 0 atom stereocenters. The van der Waals surface area contributed by atoms with E-state index < -0.39 is 10.0 Å². The molecule has 2 rings (SSSR count). The minimum Gasteiger partial charge on any atom is -0.506 e. The van der Waals surface area contributed by atoms with E-state index in [0.29, 0.717) is 16.3 Å². The van der Waals surface area contributed by atoms with Gasteiger partial charge in [0.15, 0.2) is 0 Å². The Kier molecular flexibility index (Phi) is 5.95. The van der Waals surface area contributed by atoms with Crippen molar-refractivity contribution < 1.29 is 18.3 Å². The van der Waals surface area contributed by atoms with Crippen LogP contribution in [0, 0.1) is 0 Å². The van der Waals surface area contributed by atoms with Gasteiger partial charge in [0.05, 0.1) is 17.8 Å². The van der Waals surface area contributed by atoms with Crippen molar-refractivity contribution in [1.82, 2.24) is 4.31 Å². The SMILES string of the molecule is COc1ccc(N=Cc2cc(Cl)cc(Cl)c2O)cc1S(=O)(=O)N(C)C. The number of sulfonamides is 1. The summed E-state index contributed by atoms with van der Waals surface area (Å²) in [5, 5.41) is 10.4. The normalized spacial score (nSPS) is 12.1. The maximum Gasteiger partial charge on any atom is 0.246 e. The lowest BCUT2D eigenvalue weighted by Crippen LogP contribution is -2.22. The van der Waals surface area contributed by atoms with Crippen LogP contribution in [0.5, 0.6) is 11.5 Å². The third-order valence-electron chi connectivity index (χ3n) is 3.32. The summed E-state index contributed by atoms with van der Waals surface area (Å²) in [6.07, 6.45) is 1.35. The molecule has 0 aliphatic rings. The summed E-state index contributed by atoms with van der Waals surface area (Å²) < 4.78 is 31.0. The minimum absolute atomic E-state index is 0.0111. The zero-order valence-electron chi connectivity index (χ0n) is 13.7. The van der Waals surface area contributed by atoms with E-state index in [1.54, 1.807) is 6.07 Å². The van der Waals surface area contributed by atoms with Gasteiger partial charge in [-0.2, -0.15) is 0 Å². The summed E-state index contributed by atoms with van der Waals surface area (Å²) in [5.74, 6) is 0.0470. The van der Waals surface area contributed by atoms with Gasteiger partial charge < -0.3 is 9.84 Å². The maximum atomic E-state index is 12.4. The standard InChI is InChI=1S/C16H16Cl2N2O4S/c1-20(2)25(22,23)15-8-12(4-5-14(15)24-3)19-9-10-6-11(17)7-13(18)16(10)21/h4-9,21H,1-3H3. The number of nitrogens with zero attached hydrogens (tertiary/aromatic N) is 2. The highest BCUT2D eigenvalue weighted by Crippen LogP contribution is 2.32. The Labute approximate surface area is 156 Å². The van der Waals surface area contributed by atoms with Crippen molar-refractivity contribution in [3.8, 4) is 11.5 Å². The molecule has 0 aromatic heterocycles. The molecule has 1 N–H and O–H groups in total. The van der Waals surface area contributed by atoms with Crippen LogP contribution in [0.2, 0.25) is 10.0 Å². The molecule has 0 aliphatic carbocycles. The molecule has 0 radical (unpaired) electrons. The first-order chi connectivity index (χ1) is 11.7. The van der Waals surface area contributed by atoms with Gasteiger partial charge in [0.25, 0.3) is 0 Å². The molecule has 25 heavy (non-hydrogen) atoms. The average Bonchev–Trinajstić information content (AvgIpc) is 2.56. The Morgan fingerprint density at radius 1 is 1.20 bits per heavy atom. The second-order valence-electron chi connectivity index (χ2n) is 5.21. The van der Waals surface area contributed by atoms with Crippen LogP contribution in [-0.4, -0.2) is 45.2 Å². The van der Waals surface area contributed by atoms with Crippen LogP contribution in [0.15, 0.2) is 40.2 Å². The lowest BCUT2D eigenvalue weighted by molar-refractivity contribution is 0.400. The first-order valence-electron chi connectivity index (χ1n) is 6.99. The predicted molar refractivity (Wildman–Crippen MR) is 99.2 cm³/mol. The van der Waals surface area contributed by atoms with Crippen molar-refractivity contribution in [2.24, 2.45) is 4.99 Å². The van der Waals surface area contributed by atoms with E-state index in [9.17, 15) is 13.5 Å². The number of aliphatic imine (C=N–C) groups is 1. The van der Waals surface area contributed by atoms with Gasteiger partial charge in [0, 0.05) is 30.9 Å². The molecule has 0 aliphatic heterocycles. The van der Waals surface area contributed by atoms with Crippen LogP contribution < -0.4 is 4.74 Å². The third-order valence-corrected chi connectivity index (χ3v) is 5.66. The fourth-order valence-corrected chi connectivity index (χ4v) is 3.55. The number of benzene rings is 2. The van der Waals surface area contributed by atoms with Gasteiger partial charge in [-0.05, 0) is 30.3 Å². The van der Waals surface area contributed by atoms with Gasteiger partial charge in [-0.3, -0.25) is 4.99 Å². The quantitative estimate of drug-likeness (QED) is 0.772. The van der Waals surface area contributed by atoms with E-state index >= 15 is 0 Å². The van der Waals surface area contributed by atoms with E-state index in [1.807, 2.05) is 0 Å². The largest absolute Gasteiger partial charge is 0.506 e. The summed E-state index contributed by atoms with van der Waals surface area (Å²) in [7, 11) is 0.539. The fourth-order valence-electron chi connectivity index (χ4n) is 1.97. The molecular weight excluding hydrogens is 387 g/mol. The Bertz CT molecular complexity index is 928. The van der Waals surface area contributed by atoms with Crippen LogP contribution in [-0.2, 0) is 10.0 Å². The number of hydrogen-bond donors (Lipinski definition) is 1. The summed E-state index contributed by atoms with van der Waals surface area (Å²) in [6.45, 7) is 0. The molecule has 0 fully saturated rings. The molecule has 134 valence electrons. The number of phenolic OH excluding ortho intramolecular Hbond substituents is 1. The second kappa shape index (κ2) is 7.61. The van der Waals surface area contributed by atoms with Crippen molar-refractivity contribution in [2.45, 2.75) is 4.90 Å². The van der Waals surface area contributed by atoms with E-state index in [4.69, 9.17) is 27.9 Å². The average molecular weight is 403 g/mol. The Morgan fingerprint density at radius 2 is 1.88 bits per heavy atom. The Hall–Kier alpha value is -1.80. The molecular formula is C16H16Cl2N2O4S. The van der Waals surface area contributed by atoms with Crippen LogP contribution in [0.25, 0.3) is 0 Å². The first-order valence-corrected chi connectivity index (χ1v) is 9.19. The fraction of sp³-hybridized carbons (Fsp3) is 0.188. The zero-order valence-corrected chi connectivity index (χ0v) is 16.0. The highest BCUT2D eigenvalue weighted by atomic mass is 35.5. The second-order valence-corrected chi connectivity index (χ2v) is 8.17. The lowest BCUT2D eigenvalue weighted by atomic mass is 10.2. The monoisotopic (exact) mass is 402 g/mol. The third kappa shape index (κ3) is 4.24. The van der Waals surface area contributed by atoms with Crippen LogP contribution >= 0.6 is 23.2 Å². The van der Waals surface area contributed by atoms with Gasteiger partial charge in [-0.15, -0.1) is 0 Å². The van der Waals surface area contributed by atoms with Crippen LogP contribution in [0.4, 0.5) is 5.69 Å². The number of methoxy groups -OCH3 is 1. The molecule has 0 unspecified atom stereocenters. The van der Waals surface area contributed by atoms with E-state index in [1.165, 1.54) is 51.7 Å². The van der Waals surface area contributed by atoms with Crippen molar-refractivity contribution in [1.29, 1.82) is 0 Å². The number of ether oxygens (including phenoxy) is 1. The predicted octanol–water partition coefficient (Wildman–Crippen LogP) is 3.71. The van der Waals surface area contributed by atoms with E-state index in [-0.39, 0.29) is 21.4 Å². The maximum absolute atomic E-state index is 12.4. The topological polar surface area (TPSA) is 79.2 Å². The van der Waals surface area contributed by atoms with Gasteiger partial charge in [-0.1, -0.05) is 23.2 Å². The highest BCUT2D eigenvalue weighted by Gasteiger charge is 2.22. The molecule has 2 aromatic carbocycles. The molecule has 0 saturated carbocycles. The smallest absolute Gasteiger partial charge is 0.246 e. The van der Waals surface area contributed by atoms with Crippen LogP contribution in [0.1, 0.15) is 5.56 Å². The molecule has 0 bridgehead atoms. The highest BCUT2D eigenvalue weighted by molar-refractivity contribution is 7.89. The summed E-state index contributed by atoms with van der Waals surface area (Å²) in [5.41, 5.74) is 0.669. The van der Waals surface area contributed by atoms with Gasteiger partial charge in [0.1, 0.15) is 16.4 Å². The van der Waals surface area contributed by atoms with Gasteiger partial charge in [0.2, 0.25) is 10.0 Å². The molecule has 0 saturated heterocycles. The zero-order chi connectivity index (χ0) is 18.8. The Morgan fingerprint density at radius 3 is 2.48 bits per heavy atom. The van der Waals surface area contributed by atoms with Crippen molar-refractivity contribution in [2.75, 3.05) is 21.2 Å². The number of hydrogen-bond acceptors (Lipinski definition) is 5. The molecule has 0 heterocycles. The van der Waals surface area contributed by atoms with Crippen molar-refractivity contribution in [3.63, 3.8) is 0 Å². The lowest BCUT2D eigenvalue weighted by Gasteiger charge is -2.14. The first kappa shape index (κ1) is 19.5. The van der Waals surface area contributed by atoms with Gasteiger partial charge in [-0.25, -0.2) is 12.7 Å². The number of phenols is 1. The van der Waals surface area contributed by atoms with Crippen LogP contribution in [0.3, 0.4) is 0 Å². The number of aromatic hydroxyl groups is 1. The molecule has 9 heteroatoms. The van der Waals surface area contributed by atoms with E-state index in [0.717, 1.165) is 4.31 Å². The summed E-state index contributed by atoms with van der Waals surface area (Å²) in [6, 6.07) is 7.38. The summed E-state index contributed by atoms with van der Waals surface area (Å²) >= 11 is 11.8. The minimum atomic E-state index is -3.70. The van der Waals surface area contributed by atoms with Crippen molar-refractivity contribution >= 4 is 45.1 Å². The molecule has 0 spiro atoms. The number of halogens is 2. The number of rotatable bonds is 5. The molecule has 0 amide bonds. The molecule has 6 nitrogen and oxygen atoms in total. The van der Waals surface area contributed by atoms with Crippen molar-refractivity contribution in [3.05, 3.63) is 45.9 Å². The Balaban J connectivity index is 2.49.